The summed E-state index contributed by atoms with van der Waals surface area (Å²) in [7, 11) is 0. The lowest BCUT2D eigenvalue weighted by Gasteiger charge is -2.28. The van der Waals surface area contributed by atoms with Gasteiger partial charge < -0.3 is 10.6 Å². The molecule has 21 heavy (non-hydrogen) atoms. The Bertz CT molecular complexity index is 498. The third kappa shape index (κ3) is 3.70. The fraction of sp³-hybridized carbons (Fsp3) is 0.588. The van der Waals surface area contributed by atoms with Crippen molar-refractivity contribution in [3.8, 4) is 0 Å². The van der Waals surface area contributed by atoms with E-state index in [1.807, 2.05) is 18.2 Å². The number of carbonyl (C=O) groups excluding carboxylic acids is 1. The van der Waals surface area contributed by atoms with Gasteiger partial charge in [-0.25, -0.2) is 0 Å². The molecule has 2 aliphatic rings. The van der Waals surface area contributed by atoms with Crippen LogP contribution in [0, 0.1) is 5.92 Å². The number of benzene rings is 1. The molecule has 3 nitrogen and oxygen atoms in total. The van der Waals surface area contributed by atoms with Crippen LogP contribution in [0.3, 0.4) is 0 Å². The molecule has 1 unspecified atom stereocenters. The second kappa shape index (κ2) is 7.17. The summed E-state index contributed by atoms with van der Waals surface area (Å²) < 4.78 is 0. The highest BCUT2D eigenvalue weighted by Gasteiger charge is 2.22. The Kier molecular flexibility index (Phi) is 5.51. The van der Waals surface area contributed by atoms with E-state index in [0.29, 0.717) is 5.92 Å². The summed E-state index contributed by atoms with van der Waals surface area (Å²) >= 11 is 0. The normalized spacial score (nSPS) is 19.1. The van der Waals surface area contributed by atoms with Crippen LogP contribution in [0.25, 0.3) is 0 Å². The Labute approximate surface area is 133 Å². The predicted octanol–water partition coefficient (Wildman–Crippen LogP) is 3.78. The zero-order valence-corrected chi connectivity index (χ0v) is 13.5. The van der Waals surface area contributed by atoms with Gasteiger partial charge in [-0.2, -0.15) is 0 Å². The largest absolute Gasteiger partial charge is 0.384 e. The first-order valence-corrected chi connectivity index (χ1v) is 7.92. The highest BCUT2D eigenvalue weighted by molar-refractivity contribution is 5.95. The SMILES string of the molecule is CC(NC(=O)c1ccc2c(c1)CCN2)C1CCCCC1.Cl. The number of anilines is 1. The quantitative estimate of drug-likeness (QED) is 0.892. The van der Waals surface area contributed by atoms with Crippen molar-refractivity contribution in [1.29, 1.82) is 0 Å². The van der Waals surface area contributed by atoms with E-state index in [4.69, 9.17) is 0 Å². The van der Waals surface area contributed by atoms with Crippen LogP contribution >= 0.6 is 12.4 Å². The molecule has 1 saturated carbocycles. The lowest BCUT2D eigenvalue weighted by Crippen LogP contribution is -2.38. The smallest absolute Gasteiger partial charge is 0.251 e. The molecule has 116 valence electrons. The molecule has 0 bridgehead atoms. The van der Waals surface area contributed by atoms with Crippen molar-refractivity contribution in [2.24, 2.45) is 5.92 Å². The van der Waals surface area contributed by atoms with E-state index in [-0.39, 0.29) is 24.4 Å². The molecule has 0 radical (unpaired) electrons. The molecule has 4 heteroatoms. The summed E-state index contributed by atoms with van der Waals surface area (Å²) in [5.41, 5.74) is 3.25. The van der Waals surface area contributed by atoms with Crippen molar-refractivity contribution in [3.63, 3.8) is 0 Å². The van der Waals surface area contributed by atoms with Gasteiger partial charge in [-0.15, -0.1) is 12.4 Å². The van der Waals surface area contributed by atoms with Gasteiger partial charge in [0.05, 0.1) is 0 Å². The van der Waals surface area contributed by atoms with Gasteiger partial charge >= 0.3 is 0 Å². The van der Waals surface area contributed by atoms with E-state index in [1.54, 1.807) is 0 Å². The molecule has 0 spiro atoms. The predicted molar refractivity (Wildman–Crippen MR) is 89.4 cm³/mol. The van der Waals surface area contributed by atoms with Crippen molar-refractivity contribution >= 4 is 24.0 Å². The summed E-state index contributed by atoms with van der Waals surface area (Å²) in [6, 6.07) is 6.29. The van der Waals surface area contributed by atoms with Gasteiger partial charge in [0.2, 0.25) is 0 Å². The molecule has 0 aromatic heterocycles. The molecule has 1 aromatic rings. The van der Waals surface area contributed by atoms with Crippen molar-refractivity contribution in [2.45, 2.75) is 51.5 Å². The zero-order valence-electron chi connectivity index (χ0n) is 12.7. The maximum atomic E-state index is 12.4. The minimum Gasteiger partial charge on any atom is -0.384 e. The highest BCUT2D eigenvalue weighted by Crippen LogP contribution is 2.27. The first kappa shape index (κ1) is 16.2. The monoisotopic (exact) mass is 308 g/mol. The van der Waals surface area contributed by atoms with Gasteiger partial charge in [0.1, 0.15) is 0 Å². The Morgan fingerprint density at radius 3 is 2.81 bits per heavy atom. The van der Waals surface area contributed by atoms with E-state index in [9.17, 15) is 4.79 Å². The maximum absolute atomic E-state index is 12.4. The molecule has 1 aliphatic heterocycles. The Morgan fingerprint density at radius 2 is 2.05 bits per heavy atom. The van der Waals surface area contributed by atoms with E-state index < -0.39 is 0 Å². The van der Waals surface area contributed by atoms with Gasteiger partial charge in [0.25, 0.3) is 5.91 Å². The molecule has 1 fully saturated rings. The Hall–Kier alpha value is -1.22. The van der Waals surface area contributed by atoms with E-state index in [2.05, 4.69) is 17.6 Å². The van der Waals surface area contributed by atoms with Crippen molar-refractivity contribution in [1.82, 2.24) is 5.32 Å². The van der Waals surface area contributed by atoms with Crippen molar-refractivity contribution < 1.29 is 4.79 Å². The number of nitrogens with one attached hydrogen (secondary N) is 2. The molecule has 3 rings (SSSR count). The average Bonchev–Trinajstić information content (AvgIpc) is 2.95. The van der Waals surface area contributed by atoms with Crippen LogP contribution in [-0.2, 0) is 6.42 Å². The minimum absolute atomic E-state index is 0. The third-order valence-corrected chi connectivity index (χ3v) is 4.79. The van der Waals surface area contributed by atoms with Crippen LogP contribution in [0.15, 0.2) is 18.2 Å². The first-order valence-electron chi connectivity index (χ1n) is 7.92. The summed E-state index contributed by atoms with van der Waals surface area (Å²) in [5, 5.41) is 6.52. The number of halogens is 1. The summed E-state index contributed by atoms with van der Waals surface area (Å²) in [6.07, 6.45) is 7.53. The number of hydrogen-bond acceptors (Lipinski definition) is 2. The third-order valence-electron chi connectivity index (χ3n) is 4.79. The summed E-state index contributed by atoms with van der Waals surface area (Å²) in [6.45, 7) is 3.14. The second-order valence-corrected chi connectivity index (χ2v) is 6.21. The zero-order chi connectivity index (χ0) is 13.9. The number of fused-ring (bicyclic) bond motifs is 1. The first-order chi connectivity index (χ1) is 9.74. The van der Waals surface area contributed by atoms with Crippen LogP contribution in [0.2, 0.25) is 0 Å². The Morgan fingerprint density at radius 1 is 1.29 bits per heavy atom. The molecule has 0 saturated heterocycles. The number of amides is 1. The van der Waals surface area contributed by atoms with Gasteiger partial charge in [-0.05, 0) is 55.9 Å². The molecule has 1 amide bonds. The minimum atomic E-state index is 0. The highest BCUT2D eigenvalue weighted by atomic mass is 35.5. The summed E-state index contributed by atoms with van der Waals surface area (Å²) in [5.74, 6) is 0.738. The van der Waals surface area contributed by atoms with Gasteiger partial charge in [-0.1, -0.05) is 19.3 Å². The fourth-order valence-corrected chi connectivity index (χ4v) is 3.49. The van der Waals surface area contributed by atoms with E-state index in [1.165, 1.54) is 43.4 Å². The van der Waals surface area contributed by atoms with Crippen molar-refractivity contribution in [3.05, 3.63) is 29.3 Å². The Balaban J connectivity index is 0.00000161. The molecule has 1 atom stereocenters. The van der Waals surface area contributed by atoms with E-state index in [0.717, 1.165) is 18.5 Å². The average molecular weight is 309 g/mol. The van der Waals surface area contributed by atoms with Crippen LogP contribution in [0.4, 0.5) is 5.69 Å². The molecular weight excluding hydrogens is 284 g/mol. The van der Waals surface area contributed by atoms with Gasteiger partial charge in [-0.3, -0.25) is 4.79 Å². The number of rotatable bonds is 3. The standard InChI is InChI=1S/C17H24N2O.ClH/c1-12(13-5-3-2-4-6-13)19-17(20)15-7-8-16-14(11-15)9-10-18-16;/h7-8,11-13,18H,2-6,9-10H2,1H3,(H,19,20);1H. The molecular formula is C17H25ClN2O. The van der Waals surface area contributed by atoms with E-state index >= 15 is 0 Å². The van der Waals surface area contributed by atoms with Crippen molar-refractivity contribution in [2.75, 3.05) is 11.9 Å². The molecule has 1 aliphatic carbocycles. The van der Waals surface area contributed by atoms with Gasteiger partial charge in [0.15, 0.2) is 0 Å². The van der Waals surface area contributed by atoms with Gasteiger partial charge in [0, 0.05) is 23.8 Å². The molecule has 1 aromatic carbocycles. The molecule has 2 N–H and O–H groups in total. The number of carbonyl (C=O) groups is 1. The molecule has 1 heterocycles. The van der Waals surface area contributed by atoms with Crippen LogP contribution in [0.1, 0.15) is 54.9 Å². The second-order valence-electron chi connectivity index (χ2n) is 6.21. The summed E-state index contributed by atoms with van der Waals surface area (Å²) in [4.78, 5) is 12.4. The lowest BCUT2D eigenvalue weighted by molar-refractivity contribution is 0.0919. The lowest BCUT2D eigenvalue weighted by atomic mass is 9.84. The fourth-order valence-electron chi connectivity index (χ4n) is 3.49. The maximum Gasteiger partial charge on any atom is 0.251 e. The topological polar surface area (TPSA) is 41.1 Å². The van der Waals surface area contributed by atoms with Crippen LogP contribution < -0.4 is 10.6 Å². The number of hydrogen-bond donors (Lipinski definition) is 2. The van der Waals surface area contributed by atoms with Crippen LogP contribution in [-0.4, -0.2) is 18.5 Å². The van der Waals surface area contributed by atoms with Crippen LogP contribution in [0.5, 0.6) is 0 Å².